The van der Waals surface area contributed by atoms with Crippen molar-refractivity contribution in [2.75, 3.05) is 7.05 Å². The molecule has 0 atom stereocenters. The van der Waals surface area contributed by atoms with Crippen molar-refractivity contribution in [1.82, 2.24) is 14.7 Å². The number of benzene rings is 1. The van der Waals surface area contributed by atoms with Crippen LogP contribution in [0.5, 0.6) is 0 Å². The van der Waals surface area contributed by atoms with Gasteiger partial charge in [0, 0.05) is 25.4 Å². The van der Waals surface area contributed by atoms with Gasteiger partial charge < -0.3 is 4.90 Å². The lowest BCUT2D eigenvalue weighted by Gasteiger charge is -2.14. The predicted octanol–water partition coefficient (Wildman–Crippen LogP) is 3.21. The third kappa shape index (κ3) is 3.03. The second-order valence-electron chi connectivity index (χ2n) is 4.77. The SMILES string of the molecule is CN(Cc1cnn(-c2ccccc2)c1)C(=O)c1cccs1. The van der Waals surface area contributed by atoms with Crippen molar-refractivity contribution in [3.63, 3.8) is 0 Å². The van der Waals surface area contributed by atoms with Crippen molar-refractivity contribution < 1.29 is 4.79 Å². The molecule has 0 radical (unpaired) electrons. The summed E-state index contributed by atoms with van der Waals surface area (Å²) in [7, 11) is 1.81. The van der Waals surface area contributed by atoms with Gasteiger partial charge in [0.05, 0.1) is 16.8 Å². The number of hydrogen-bond donors (Lipinski definition) is 0. The predicted molar refractivity (Wildman–Crippen MR) is 83.7 cm³/mol. The topological polar surface area (TPSA) is 38.1 Å². The summed E-state index contributed by atoms with van der Waals surface area (Å²) in [6.07, 6.45) is 3.75. The molecule has 3 aromatic rings. The Hall–Kier alpha value is -2.40. The Bertz CT molecular complexity index is 719. The van der Waals surface area contributed by atoms with E-state index in [4.69, 9.17) is 0 Å². The largest absolute Gasteiger partial charge is 0.337 e. The van der Waals surface area contributed by atoms with Gasteiger partial charge in [-0.2, -0.15) is 5.10 Å². The van der Waals surface area contributed by atoms with Crippen molar-refractivity contribution >= 4 is 17.2 Å². The van der Waals surface area contributed by atoms with E-state index in [2.05, 4.69) is 5.10 Å². The molecule has 0 unspecified atom stereocenters. The highest BCUT2D eigenvalue weighted by atomic mass is 32.1. The Morgan fingerprint density at radius 3 is 2.76 bits per heavy atom. The Kier molecular flexibility index (Phi) is 3.83. The molecule has 1 amide bonds. The lowest BCUT2D eigenvalue weighted by atomic mass is 10.3. The van der Waals surface area contributed by atoms with E-state index in [-0.39, 0.29) is 5.91 Å². The van der Waals surface area contributed by atoms with E-state index in [0.29, 0.717) is 6.54 Å². The summed E-state index contributed by atoms with van der Waals surface area (Å²) in [6, 6.07) is 13.7. The molecule has 0 aliphatic heterocycles. The normalized spacial score (nSPS) is 10.5. The molecule has 0 spiro atoms. The standard InChI is InChI=1S/C16H15N3OS/c1-18(16(20)15-8-5-9-21-15)11-13-10-17-19(12-13)14-6-3-2-4-7-14/h2-10,12H,11H2,1H3. The third-order valence-electron chi connectivity index (χ3n) is 3.16. The van der Waals surface area contributed by atoms with Gasteiger partial charge >= 0.3 is 0 Å². The lowest BCUT2D eigenvalue weighted by molar-refractivity contribution is 0.0790. The molecule has 2 aromatic heterocycles. The van der Waals surface area contributed by atoms with Crippen LogP contribution in [0.15, 0.2) is 60.2 Å². The summed E-state index contributed by atoms with van der Waals surface area (Å²) in [4.78, 5) is 14.7. The number of carbonyl (C=O) groups excluding carboxylic acids is 1. The van der Waals surface area contributed by atoms with Crippen molar-refractivity contribution in [2.24, 2.45) is 0 Å². The fourth-order valence-electron chi connectivity index (χ4n) is 2.10. The molecule has 5 heteroatoms. The maximum absolute atomic E-state index is 12.2. The highest BCUT2D eigenvalue weighted by molar-refractivity contribution is 7.12. The van der Waals surface area contributed by atoms with Crippen LogP contribution in [-0.2, 0) is 6.54 Å². The average molecular weight is 297 g/mol. The molecule has 0 aliphatic carbocycles. The van der Waals surface area contributed by atoms with Crippen LogP contribution in [0.2, 0.25) is 0 Å². The van der Waals surface area contributed by atoms with E-state index < -0.39 is 0 Å². The zero-order chi connectivity index (χ0) is 14.7. The van der Waals surface area contributed by atoms with Crippen molar-refractivity contribution in [2.45, 2.75) is 6.54 Å². The van der Waals surface area contributed by atoms with Crippen molar-refractivity contribution in [1.29, 1.82) is 0 Å². The molecule has 21 heavy (non-hydrogen) atoms. The molecule has 1 aromatic carbocycles. The molecule has 4 nitrogen and oxygen atoms in total. The van der Waals surface area contributed by atoms with Crippen molar-refractivity contribution in [3.8, 4) is 5.69 Å². The maximum Gasteiger partial charge on any atom is 0.263 e. The van der Waals surface area contributed by atoms with Crippen LogP contribution in [0, 0.1) is 0 Å². The summed E-state index contributed by atoms with van der Waals surface area (Å²) in [6.45, 7) is 0.545. The molecule has 0 aliphatic rings. The number of thiophene rings is 1. The van der Waals surface area contributed by atoms with Crippen LogP contribution in [0.4, 0.5) is 0 Å². The van der Waals surface area contributed by atoms with E-state index in [9.17, 15) is 4.79 Å². The molecule has 0 saturated heterocycles. The van der Waals surface area contributed by atoms with Gasteiger partial charge in [-0.3, -0.25) is 4.79 Å². The first-order valence-electron chi connectivity index (χ1n) is 6.62. The Balaban J connectivity index is 1.71. The van der Waals surface area contributed by atoms with Crippen LogP contribution in [0.3, 0.4) is 0 Å². The first kappa shape index (κ1) is 13.6. The minimum absolute atomic E-state index is 0.0393. The smallest absolute Gasteiger partial charge is 0.263 e. The maximum atomic E-state index is 12.2. The van der Waals surface area contributed by atoms with E-state index in [1.54, 1.807) is 11.1 Å². The molecule has 0 fully saturated rings. The van der Waals surface area contributed by atoms with E-state index in [1.165, 1.54) is 11.3 Å². The second kappa shape index (κ2) is 5.93. The van der Waals surface area contributed by atoms with E-state index in [0.717, 1.165) is 16.1 Å². The number of aromatic nitrogens is 2. The molecular weight excluding hydrogens is 282 g/mol. The van der Waals surface area contributed by atoms with Gasteiger partial charge in [-0.1, -0.05) is 24.3 Å². The van der Waals surface area contributed by atoms with Crippen LogP contribution in [0.1, 0.15) is 15.2 Å². The van der Waals surface area contributed by atoms with Gasteiger partial charge in [0.2, 0.25) is 0 Å². The number of hydrogen-bond acceptors (Lipinski definition) is 3. The number of para-hydroxylation sites is 1. The fourth-order valence-corrected chi connectivity index (χ4v) is 2.82. The van der Waals surface area contributed by atoms with Crippen LogP contribution in [0.25, 0.3) is 5.69 Å². The first-order valence-corrected chi connectivity index (χ1v) is 7.50. The Labute approximate surface area is 127 Å². The van der Waals surface area contributed by atoms with E-state index >= 15 is 0 Å². The van der Waals surface area contributed by atoms with Gasteiger partial charge in [0.25, 0.3) is 5.91 Å². The molecule has 106 valence electrons. The van der Waals surface area contributed by atoms with Crippen LogP contribution in [-0.4, -0.2) is 27.6 Å². The molecule has 2 heterocycles. The minimum Gasteiger partial charge on any atom is -0.337 e. The number of rotatable bonds is 4. The fraction of sp³-hybridized carbons (Fsp3) is 0.125. The monoisotopic (exact) mass is 297 g/mol. The highest BCUT2D eigenvalue weighted by Crippen LogP contribution is 2.14. The van der Waals surface area contributed by atoms with Gasteiger partial charge in [0.1, 0.15) is 0 Å². The molecule has 0 saturated carbocycles. The van der Waals surface area contributed by atoms with Gasteiger partial charge in [0.15, 0.2) is 0 Å². The summed E-state index contributed by atoms with van der Waals surface area (Å²) in [5.41, 5.74) is 2.02. The number of amides is 1. The van der Waals surface area contributed by atoms with Crippen LogP contribution < -0.4 is 0 Å². The lowest BCUT2D eigenvalue weighted by Crippen LogP contribution is -2.25. The number of nitrogens with zero attached hydrogens (tertiary/aromatic N) is 3. The second-order valence-corrected chi connectivity index (χ2v) is 5.71. The summed E-state index contributed by atoms with van der Waals surface area (Å²) in [5.74, 6) is 0.0393. The zero-order valence-electron chi connectivity index (χ0n) is 11.6. The molecule has 0 bridgehead atoms. The quantitative estimate of drug-likeness (QED) is 0.741. The van der Waals surface area contributed by atoms with Gasteiger partial charge in [-0.15, -0.1) is 11.3 Å². The molecule has 0 N–H and O–H groups in total. The van der Waals surface area contributed by atoms with Crippen molar-refractivity contribution in [3.05, 3.63) is 70.7 Å². The average Bonchev–Trinajstić information content (AvgIpc) is 3.19. The Morgan fingerprint density at radius 2 is 2.05 bits per heavy atom. The third-order valence-corrected chi connectivity index (χ3v) is 4.01. The molecule has 3 rings (SSSR count). The summed E-state index contributed by atoms with van der Waals surface area (Å²) >= 11 is 1.46. The summed E-state index contributed by atoms with van der Waals surface area (Å²) in [5, 5.41) is 6.25. The summed E-state index contributed by atoms with van der Waals surface area (Å²) < 4.78 is 1.82. The van der Waals surface area contributed by atoms with E-state index in [1.807, 2.05) is 65.8 Å². The van der Waals surface area contributed by atoms with Crippen LogP contribution >= 0.6 is 11.3 Å². The Morgan fingerprint density at radius 1 is 1.24 bits per heavy atom. The highest BCUT2D eigenvalue weighted by Gasteiger charge is 2.13. The molecular formula is C16H15N3OS. The zero-order valence-corrected chi connectivity index (χ0v) is 12.5. The van der Waals surface area contributed by atoms with Gasteiger partial charge in [-0.05, 0) is 23.6 Å². The van der Waals surface area contributed by atoms with Gasteiger partial charge in [-0.25, -0.2) is 4.68 Å². The number of carbonyl (C=O) groups is 1. The first-order chi connectivity index (χ1) is 10.2. The minimum atomic E-state index is 0.0393.